The molecule has 1 nitrogen and oxygen atoms in total. The van der Waals surface area contributed by atoms with Crippen molar-refractivity contribution in [3.8, 4) is 0 Å². The average molecular weight is 382 g/mol. The van der Waals surface area contributed by atoms with Crippen LogP contribution in [-0.4, -0.2) is 48.9 Å². The van der Waals surface area contributed by atoms with E-state index >= 15 is 0 Å². The summed E-state index contributed by atoms with van der Waals surface area (Å²) in [6.07, 6.45) is 0. The summed E-state index contributed by atoms with van der Waals surface area (Å²) in [7, 11) is 0. The van der Waals surface area contributed by atoms with E-state index in [4.69, 9.17) is 3.83 Å². The molecule has 0 amide bonds. The molecule has 4 heavy (non-hydrogen) atoms. The van der Waals surface area contributed by atoms with Crippen molar-refractivity contribution in [1.29, 1.82) is 0 Å². The summed E-state index contributed by atoms with van der Waals surface area (Å²) in [6, 6.07) is 0. The fraction of sp³-hybridized carbons (Fsp3) is 0. The van der Waals surface area contributed by atoms with Gasteiger partial charge in [-0.3, -0.25) is 0 Å². The van der Waals surface area contributed by atoms with Crippen LogP contribution in [0.2, 0.25) is 0 Å². The van der Waals surface area contributed by atoms with Crippen molar-refractivity contribution in [3.05, 3.63) is 0 Å². The molecule has 0 aromatic carbocycles. The number of hydrogen-bond donors (Lipinski definition) is 0. The molecule has 0 atom stereocenters. The molecule has 0 fully saturated rings. The average Bonchev–Trinajstić information content (AvgIpc) is 1.00. The van der Waals surface area contributed by atoms with E-state index in [1.807, 2.05) is 0 Å². The molecule has 30 valence electrons. The minimum absolute atomic E-state index is 0. The van der Waals surface area contributed by atoms with Gasteiger partial charge in [-0.2, -0.15) is 0 Å². The Balaban J connectivity index is -0.00000000500. The molecular formula is BaCuHoO. The molecule has 0 saturated carbocycles. The van der Waals surface area contributed by atoms with Gasteiger partial charge in [0.1, 0.15) is 0 Å². The number of hydrogen-bond acceptors (Lipinski definition) is 1. The number of rotatable bonds is 0. The van der Waals surface area contributed by atoms with Crippen molar-refractivity contribution >= 4 is 48.9 Å². The van der Waals surface area contributed by atoms with Crippen LogP contribution in [0.3, 0.4) is 0 Å². The van der Waals surface area contributed by atoms with E-state index in [0.717, 1.165) is 0 Å². The first-order valence-corrected chi connectivity index (χ1v) is 0.508. The second-order valence-corrected chi connectivity index (χ2v) is 0. The zero-order valence-corrected chi connectivity index (χ0v) is 9.04. The standard InChI is InChI=1S/Ba.Cu.Ho.O. The molecule has 0 rings (SSSR count). The van der Waals surface area contributed by atoms with Crippen molar-refractivity contribution in [3.63, 3.8) is 0 Å². The van der Waals surface area contributed by atoms with Gasteiger partial charge in [0, 0.05) is 86.6 Å². The van der Waals surface area contributed by atoms with E-state index in [0.29, 0.717) is 0 Å². The summed E-state index contributed by atoms with van der Waals surface area (Å²) in [5.74, 6) is 0. The molecule has 0 heterocycles. The van der Waals surface area contributed by atoms with Gasteiger partial charge in [-0.15, -0.1) is 0 Å². The van der Waals surface area contributed by atoms with Gasteiger partial charge in [-0.25, -0.2) is 0 Å². The van der Waals surface area contributed by atoms with Crippen molar-refractivity contribution in [1.82, 2.24) is 0 Å². The first-order chi connectivity index (χ1) is 1.00. The molecule has 0 aromatic rings. The maximum absolute atomic E-state index is 7.81. The molecule has 0 aromatic heterocycles. The van der Waals surface area contributed by atoms with Gasteiger partial charge in [0.05, 0.1) is 0 Å². The van der Waals surface area contributed by atoms with Gasteiger partial charge in [0.15, 0.2) is 0 Å². The third-order valence-corrected chi connectivity index (χ3v) is 0. The van der Waals surface area contributed by atoms with Crippen LogP contribution >= 0.6 is 0 Å². The third kappa shape index (κ3) is 8.94. The van der Waals surface area contributed by atoms with Crippen LogP contribution in [0.15, 0.2) is 0 Å². The van der Waals surface area contributed by atoms with Crippen LogP contribution in [0.4, 0.5) is 0 Å². The van der Waals surface area contributed by atoms with Crippen molar-refractivity contribution in [2.75, 3.05) is 0 Å². The van der Waals surface area contributed by atoms with Crippen LogP contribution in [0, 0.1) is 37.7 Å². The fourth-order valence-electron chi connectivity index (χ4n) is 0. The van der Waals surface area contributed by atoms with E-state index in [9.17, 15) is 0 Å². The van der Waals surface area contributed by atoms with E-state index in [1.165, 1.54) is 0 Å². The first-order valence-electron chi connectivity index (χ1n) is 0.123. The minimum atomic E-state index is 0. The van der Waals surface area contributed by atoms with Crippen LogP contribution in [-0.2, 0) is 19.8 Å². The fourth-order valence-corrected chi connectivity index (χ4v) is 0. The quantitative estimate of drug-likeness (QED) is 0.517. The Morgan fingerprint density at radius 1 is 1.25 bits per heavy atom. The third-order valence-electron chi connectivity index (χ3n) is 0. The molecule has 0 spiro atoms. The Morgan fingerprint density at radius 2 is 1.25 bits per heavy atom. The molecular weight excluding hydrogens is 382 g/mol. The van der Waals surface area contributed by atoms with E-state index in [1.54, 1.807) is 0 Å². The van der Waals surface area contributed by atoms with Gasteiger partial charge in [-0.1, -0.05) is 0 Å². The molecule has 0 aliphatic heterocycles. The van der Waals surface area contributed by atoms with E-state index in [2.05, 4.69) is 15.9 Å². The first kappa shape index (κ1) is 15.7. The Kier molecular flexibility index (Phi) is 64.5. The Hall–Kier alpha value is 3.15. The predicted molar refractivity (Wildman–Crippen MR) is 6.44 cm³/mol. The SMILES string of the molecule is [Ba].[Ho].[O]=[Cu]. The van der Waals surface area contributed by atoms with Crippen LogP contribution < -0.4 is 0 Å². The van der Waals surface area contributed by atoms with Gasteiger partial charge in [-0.05, 0) is 0 Å². The van der Waals surface area contributed by atoms with Crippen LogP contribution in [0.5, 0.6) is 0 Å². The Morgan fingerprint density at radius 3 is 1.25 bits per heavy atom. The van der Waals surface area contributed by atoms with Crippen molar-refractivity contribution in [2.45, 2.75) is 0 Å². The van der Waals surface area contributed by atoms with Crippen LogP contribution in [0.25, 0.3) is 0 Å². The van der Waals surface area contributed by atoms with Gasteiger partial charge in [0.25, 0.3) is 0 Å². The normalized spacial score (nSPS) is 1.50. The Bertz CT molecular complexity index is 8.00. The predicted octanol–water partition coefficient (Wildman–Crippen LogP) is -0.502. The van der Waals surface area contributed by atoms with Gasteiger partial charge >= 0.3 is 19.8 Å². The van der Waals surface area contributed by atoms with Crippen molar-refractivity contribution in [2.24, 2.45) is 0 Å². The molecule has 0 saturated heterocycles. The molecule has 0 aliphatic carbocycles. The molecule has 0 aliphatic rings. The summed E-state index contributed by atoms with van der Waals surface area (Å²) < 4.78 is 7.81. The molecule has 0 unspecified atom stereocenters. The second kappa shape index (κ2) is 16.4. The molecule has 0 bridgehead atoms. The zero-order chi connectivity index (χ0) is 2.00. The van der Waals surface area contributed by atoms with Crippen LogP contribution in [0.1, 0.15) is 0 Å². The maximum atomic E-state index is 7.81. The van der Waals surface area contributed by atoms with E-state index < -0.39 is 0 Å². The summed E-state index contributed by atoms with van der Waals surface area (Å²) >= 11 is 2.94. The monoisotopic (exact) mass is 382 g/mol. The van der Waals surface area contributed by atoms with E-state index in [-0.39, 0.29) is 86.6 Å². The molecule has 0 N–H and O–H groups in total. The topological polar surface area (TPSA) is 17.1 Å². The van der Waals surface area contributed by atoms with Crippen molar-refractivity contribution < 1.29 is 57.5 Å². The summed E-state index contributed by atoms with van der Waals surface area (Å²) in [5.41, 5.74) is 0. The second-order valence-electron chi connectivity index (χ2n) is 0. The Labute approximate surface area is 103 Å². The van der Waals surface area contributed by atoms with Gasteiger partial charge in [0.2, 0.25) is 0 Å². The molecule has 3 radical (unpaired) electrons. The zero-order valence-electron chi connectivity index (χ0n) is 1.72. The summed E-state index contributed by atoms with van der Waals surface area (Å²) in [6.45, 7) is 0. The summed E-state index contributed by atoms with van der Waals surface area (Å²) in [5, 5.41) is 0. The summed E-state index contributed by atoms with van der Waals surface area (Å²) in [4.78, 5) is 0. The van der Waals surface area contributed by atoms with Gasteiger partial charge < -0.3 is 0 Å². The molecule has 4 heteroatoms.